The molecule has 0 aliphatic heterocycles. The van der Waals surface area contributed by atoms with Gasteiger partial charge >= 0.3 is 0 Å². The Balaban J connectivity index is 1.60. The van der Waals surface area contributed by atoms with Gasteiger partial charge < -0.3 is 5.32 Å². The van der Waals surface area contributed by atoms with Crippen molar-refractivity contribution in [3.8, 4) is 0 Å². The molecular formula is C22H23Cl2N3O2S. The Kier molecular flexibility index (Phi) is 5.68. The van der Waals surface area contributed by atoms with Gasteiger partial charge in [-0.25, -0.2) is 4.98 Å². The molecule has 0 radical (unpaired) electrons. The van der Waals surface area contributed by atoms with Crippen molar-refractivity contribution in [3.63, 3.8) is 0 Å². The zero-order chi connectivity index (χ0) is 21.6. The molecule has 1 aromatic carbocycles. The first-order valence-electron chi connectivity index (χ1n) is 9.88. The summed E-state index contributed by atoms with van der Waals surface area (Å²) in [6, 6.07) is 4.83. The Labute approximate surface area is 189 Å². The van der Waals surface area contributed by atoms with Crippen LogP contribution < -0.4 is 10.9 Å². The van der Waals surface area contributed by atoms with Gasteiger partial charge in [-0.2, -0.15) is 0 Å². The van der Waals surface area contributed by atoms with Crippen LogP contribution in [-0.4, -0.2) is 15.5 Å². The van der Waals surface area contributed by atoms with Crippen molar-refractivity contribution in [1.29, 1.82) is 0 Å². The van der Waals surface area contributed by atoms with E-state index in [1.54, 1.807) is 29.5 Å². The van der Waals surface area contributed by atoms with Crippen LogP contribution in [0.25, 0.3) is 10.2 Å². The SMILES string of the molecule is CC(C)(C)C1CCc2c(sc3ncn(CC(=O)Nc4ccc(Cl)cc4Cl)c(=O)c23)C1. The number of halogens is 2. The molecule has 0 spiro atoms. The molecule has 0 saturated heterocycles. The average molecular weight is 464 g/mol. The lowest BCUT2D eigenvalue weighted by atomic mass is 9.72. The fourth-order valence-electron chi connectivity index (χ4n) is 3.99. The van der Waals surface area contributed by atoms with Crippen LogP contribution in [0.3, 0.4) is 0 Å². The van der Waals surface area contributed by atoms with Crippen LogP contribution in [0.2, 0.25) is 10.0 Å². The molecule has 1 aliphatic carbocycles. The molecule has 158 valence electrons. The van der Waals surface area contributed by atoms with Crippen molar-refractivity contribution in [3.05, 3.63) is 55.4 Å². The average Bonchev–Trinajstić information content (AvgIpc) is 3.04. The topological polar surface area (TPSA) is 64.0 Å². The largest absolute Gasteiger partial charge is 0.323 e. The predicted molar refractivity (Wildman–Crippen MR) is 124 cm³/mol. The summed E-state index contributed by atoms with van der Waals surface area (Å²) in [7, 11) is 0. The minimum absolute atomic E-state index is 0.129. The van der Waals surface area contributed by atoms with Crippen molar-refractivity contribution in [2.45, 2.75) is 46.6 Å². The van der Waals surface area contributed by atoms with E-state index in [0.717, 1.165) is 29.7 Å². The smallest absolute Gasteiger partial charge is 0.262 e. The number of nitrogens with zero attached hydrogens (tertiary/aromatic N) is 2. The number of nitrogens with one attached hydrogen (secondary N) is 1. The molecule has 30 heavy (non-hydrogen) atoms. The van der Waals surface area contributed by atoms with Crippen molar-refractivity contribution < 1.29 is 4.79 Å². The molecule has 0 fully saturated rings. The summed E-state index contributed by atoms with van der Waals surface area (Å²) in [4.78, 5) is 32.1. The van der Waals surface area contributed by atoms with Gasteiger partial charge in [0.1, 0.15) is 11.4 Å². The number of aromatic nitrogens is 2. The highest BCUT2D eigenvalue weighted by Crippen LogP contribution is 2.41. The van der Waals surface area contributed by atoms with Gasteiger partial charge in [0.25, 0.3) is 5.56 Å². The lowest BCUT2D eigenvalue weighted by Crippen LogP contribution is -2.29. The molecule has 5 nitrogen and oxygen atoms in total. The van der Waals surface area contributed by atoms with Gasteiger partial charge in [0, 0.05) is 9.90 Å². The molecule has 1 unspecified atom stereocenters. The van der Waals surface area contributed by atoms with Crippen molar-refractivity contribution in [1.82, 2.24) is 9.55 Å². The Morgan fingerprint density at radius 1 is 1.33 bits per heavy atom. The van der Waals surface area contributed by atoms with Crippen molar-refractivity contribution in [2.75, 3.05) is 5.32 Å². The Bertz CT molecular complexity index is 1190. The molecule has 1 atom stereocenters. The molecule has 2 aromatic heterocycles. The summed E-state index contributed by atoms with van der Waals surface area (Å²) < 4.78 is 1.37. The molecule has 8 heteroatoms. The molecule has 2 heterocycles. The van der Waals surface area contributed by atoms with Gasteiger partial charge in [0.05, 0.1) is 22.4 Å². The highest BCUT2D eigenvalue weighted by Gasteiger charge is 2.31. The zero-order valence-corrected chi connectivity index (χ0v) is 19.4. The number of rotatable bonds is 3. The van der Waals surface area contributed by atoms with Gasteiger partial charge in [-0.15, -0.1) is 11.3 Å². The summed E-state index contributed by atoms with van der Waals surface area (Å²) in [6.45, 7) is 6.68. The monoisotopic (exact) mass is 463 g/mol. The Hall–Kier alpha value is -1.89. The van der Waals surface area contributed by atoms with Crippen LogP contribution in [0.1, 0.15) is 37.6 Å². The fourth-order valence-corrected chi connectivity index (χ4v) is 5.70. The van der Waals surface area contributed by atoms with E-state index in [1.165, 1.54) is 15.8 Å². The quantitative estimate of drug-likeness (QED) is 0.553. The number of carbonyl (C=O) groups is 1. The van der Waals surface area contributed by atoms with Gasteiger partial charge in [0.15, 0.2) is 0 Å². The number of thiophene rings is 1. The molecule has 0 saturated carbocycles. The second-order valence-corrected chi connectivity index (χ2v) is 10.8. The third-order valence-corrected chi connectivity index (χ3v) is 7.49. The van der Waals surface area contributed by atoms with Crippen LogP contribution in [0, 0.1) is 11.3 Å². The zero-order valence-electron chi connectivity index (χ0n) is 17.1. The lowest BCUT2D eigenvalue weighted by molar-refractivity contribution is -0.116. The number of aryl methyl sites for hydroxylation is 1. The third kappa shape index (κ3) is 4.13. The maximum Gasteiger partial charge on any atom is 0.262 e. The highest BCUT2D eigenvalue weighted by atomic mass is 35.5. The number of amides is 1. The van der Waals surface area contributed by atoms with E-state index >= 15 is 0 Å². The second kappa shape index (κ2) is 7.98. The van der Waals surface area contributed by atoms with Crippen molar-refractivity contribution in [2.24, 2.45) is 11.3 Å². The van der Waals surface area contributed by atoms with Crippen LogP contribution >= 0.6 is 34.5 Å². The normalized spacial score (nSPS) is 16.5. The minimum atomic E-state index is -0.348. The summed E-state index contributed by atoms with van der Waals surface area (Å²) in [5, 5.41) is 4.22. The lowest BCUT2D eigenvalue weighted by Gasteiger charge is -2.33. The first-order chi connectivity index (χ1) is 14.1. The maximum atomic E-state index is 13.1. The number of carbonyl (C=O) groups excluding carboxylic acids is 1. The van der Waals surface area contributed by atoms with E-state index in [0.29, 0.717) is 27.0 Å². The van der Waals surface area contributed by atoms with Crippen LogP contribution in [0.5, 0.6) is 0 Å². The first-order valence-corrected chi connectivity index (χ1v) is 11.5. The molecule has 1 aliphatic rings. The first kappa shape index (κ1) is 21.3. The molecule has 3 aromatic rings. The van der Waals surface area contributed by atoms with E-state index in [1.807, 2.05) is 0 Å². The minimum Gasteiger partial charge on any atom is -0.323 e. The molecule has 4 rings (SSSR count). The molecular weight excluding hydrogens is 441 g/mol. The fraction of sp³-hybridized carbons (Fsp3) is 0.409. The number of benzene rings is 1. The van der Waals surface area contributed by atoms with Gasteiger partial charge in [-0.1, -0.05) is 44.0 Å². The van der Waals surface area contributed by atoms with Gasteiger partial charge in [-0.3, -0.25) is 14.2 Å². The predicted octanol–water partition coefficient (Wildman–Crippen LogP) is 5.55. The Morgan fingerprint density at radius 3 is 2.80 bits per heavy atom. The summed E-state index contributed by atoms with van der Waals surface area (Å²) >= 11 is 13.6. The van der Waals surface area contributed by atoms with Crippen LogP contribution in [0.4, 0.5) is 5.69 Å². The van der Waals surface area contributed by atoms with E-state index in [9.17, 15) is 9.59 Å². The van der Waals surface area contributed by atoms with Gasteiger partial charge in [0.2, 0.25) is 5.91 Å². The molecule has 0 bridgehead atoms. The van der Waals surface area contributed by atoms with E-state index < -0.39 is 0 Å². The highest BCUT2D eigenvalue weighted by molar-refractivity contribution is 7.18. The van der Waals surface area contributed by atoms with Crippen molar-refractivity contribution >= 4 is 56.3 Å². The Morgan fingerprint density at radius 2 is 2.10 bits per heavy atom. The van der Waals surface area contributed by atoms with E-state index in [2.05, 4.69) is 31.1 Å². The standard InChI is InChI=1S/C22H23Cl2N3O2S/c1-22(2,3)12-4-6-14-17(8-12)30-20-19(14)21(29)27(11-25-20)10-18(28)26-16-7-5-13(23)9-15(16)24/h5,7,9,11-12H,4,6,8,10H2,1-3H3,(H,26,28). The number of hydrogen-bond acceptors (Lipinski definition) is 4. The maximum absolute atomic E-state index is 13.1. The summed E-state index contributed by atoms with van der Waals surface area (Å²) in [5.41, 5.74) is 1.64. The summed E-state index contributed by atoms with van der Waals surface area (Å²) in [5.74, 6) is 0.245. The molecule has 1 N–H and O–H groups in total. The van der Waals surface area contributed by atoms with Crippen LogP contribution in [0.15, 0.2) is 29.3 Å². The number of anilines is 1. The van der Waals surface area contributed by atoms with E-state index in [4.69, 9.17) is 23.2 Å². The van der Waals surface area contributed by atoms with Crippen LogP contribution in [-0.2, 0) is 24.2 Å². The second-order valence-electron chi connectivity index (χ2n) is 8.84. The molecule has 1 amide bonds. The van der Waals surface area contributed by atoms with E-state index in [-0.39, 0.29) is 23.4 Å². The third-order valence-electron chi connectivity index (χ3n) is 5.78. The van der Waals surface area contributed by atoms with Gasteiger partial charge in [-0.05, 0) is 54.4 Å². The summed E-state index contributed by atoms with van der Waals surface area (Å²) in [6.07, 6.45) is 4.38. The number of fused-ring (bicyclic) bond motifs is 3. The number of hydrogen-bond donors (Lipinski definition) is 1.